The van der Waals surface area contributed by atoms with Crippen molar-refractivity contribution >= 4 is 5.78 Å². The first kappa shape index (κ1) is 10.6. The second-order valence-corrected chi connectivity index (χ2v) is 4.53. The molecular formula is C12H17NO2. The molecule has 2 aliphatic rings. The van der Waals surface area contributed by atoms with Crippen molar-refractivity contribution in [3.8, 4) is 0 Å². The highest BCUT2D eigenvalue weighted by molar-refractivity contribution is 5.93. The van der Waals surface area contributed by atoms with Crippen molar-refractivity contribution in [2.24, 2.45) is 11.7 Å². The van der Waals surface area contributed by atoms with E-state index in [1.54, 1.807) is 0 Å². The van der Waals surface area contributed by atoms with Crippen LogP contribution in [0.2, 0.25) is 0 Å². The molecule has 2 rings (SSSR count). The van der Waals surface area contributed by atoms with Crippen molar-refractivity contribution in [3.05, 3.63) is 24.3 Å². The lowest BCUT2D eigenvalue weighted by Crippen LogP contribution is -2.40. The number of epoxide rings is 1. The number of nitrogens with two attached hydrogens (primary N) is 1. The largest absolute Gasteiger partial charge is 0.362 e. The van der Waals surface area contributed by atoms with Gasteiger partial charge in [0.15, 0.2) is 5.78 Å². The second-order valence-electron chi connectivity index (χ2n) is 4.53. The molecular weight excluding hydrogens is 190 g/mol. The van der Waals surface area contributed by atoms with Gasteiger partial charge in [-0.3, -0.25) is 4.79 Å². The Morgan fingerprint density at radius 3 is 2.93 bits per heavy atom. The third kappa shape index (κ3) is 2.36. The van der Waals surface area contributed by atoms with Gasteiger partial charge in [-0.25, -0.2) is 0 Å². The predicted molar refractivity (Wildman–Crippen MR) is 58.3 cm³/mol. The number of rotatable bonds is 4. The quantitative estimate of drug-likeness (QED) is 0.705. The normalized spacial score (nSPS) is 35.2. The molecule has 2 N–H and O–H groups in total. The van der Waals surface area contributed by atoms with Crippen molar-refractivity contribution in [2.45, 2.75) is 31.4 Å². The van der Waals surface area contributed by atoms with Gasteiger partial charge in [0.05, 0.1) is 12.6 Å². The maximum absolute atomic E-state index is 11.8. The summed E-state index contributed by atoms with van der Waals surface area (Å²) < 4.78 is 5.11. The first-order chi connectivity index (χ1) is 7.12. The third-order valence-electron chi connectivity index (χ3n) is 3.06. The van der Waals surface area contributed by atoms with Gasteiger partial charge in [0.1, 0.15) is 5.60 Å². The number of hydrogen-bond acceptors (Lipinski definition) is 3. The zero-order valence-corrected chi connectivity index (χ0v) is 8.98. The van der Waals surface area contributed by atoms with Crippen LogP contribution in [0.1, 0.15) is 19.8 Å². The molecule has 3 unspecified atom stereocenters. The number of ketones is 1. The number of carbonyl (C=O) groups excluding carboxylic acids is 1. The van der Waals surface area contributed by atoms with Gasteiger partial charge < -0.3 is 10.5 Å². The summed E-state index contributed by atoms with van der Waals surface area (Å²) in [5.41, 5.74) is 5.31. The Labute approximate surface area is 90.0 Å². The minimum atomic E-state index is -0.576. The fourth-order valence-corrected chi connectivity index (χ4v) is 1.88. The first-order valence-corrected chi connectivity index (χ1v) is 5.39. The molecule has 1 heterocycles. The predicted octanol–water partition coefficient (Wildman–Crippen LogP) is 1.19. The van der Waals surface area contributed by atoms with Crippen LogP contribution in [0.5, 0.6) is 0 Å². The van der Waals surface area contributed by atoms with Gasteiger partial charge in [0, 0.05) is 0 Å². The van der Waals surface area contributed by atoms with E-state index in [-0.39, 0.29) is 5.78 Å². The summed E-state index contributed by atoms with van der Waals surface area (Å²) >= 11 is 0. The molecule has 3 nitrogen and oxygen atoms in total. The van der Waals surface area contributed by atoms with Crippen molar-refractivity contribution in [1.29, 1.82) is 0 Å². The van der Waals surface area contributed by atoms with Crippen LogP contribution in [0.15, 0.2) is 24.3 Å². The van der Waals surface area contributed by atoms with Crippen LogP contribution >= 0.6 is 0 Å². The van der Waals surface area contributed by atoms with E-state index < -0.39 is 11.6 Å². The van der Waals surface area contributed by atoms with E-state index in [1.165, 1.54) is 0 Å². The topological polar surface area (TPSA) is 55.6 Å². The minimum Gasteiger partial charge on any atom is -0.362 e. The fraction of sp³-hybridized carbons (Fsp3) is 0.583. The third-order valence-corrected chi connectivity index (χ3v) is 3.06. The summed E-state index contributed by atoms with van der Waals surface area (Å²) in [6.07, 6.45) is 9.96. The van der Waals surface area contributed by atoms with Gasteiger partial charge >= 0.3 is 0 Å². The highest BCUT2D eigenvalue weighted by atomic mass is 16.6. The lowest BCUT2D eigenvalue weighted by atomic mass is 9.89. The van der Waals surface area contributed by atoms with Crippen LogP contribution in [0.4, 0.5) is 0 Å². The van der Waals surface area contributed by atoms with Gasteiger partial charge in [-0.15, -0.1) is 0 Å². The molecule has 1 saturated heterocycles. The molecule has 15 heavy (non-hydrogen) atoms. The molecule has 0 spiro atoms. The Hall–Kier alpha value is -0.930. The molecule has 82 valence electrons. The fourth-order valence-electron chi connectivity index (χ4n) is 1.88. The summed E-state index contributed by atoms with van der Waals surface area (Å²) in [5, 5.41) is 0. The molecule has 3 heteroatoms. The van der Waals surface area contributed by atoms with Gasteiger partial charge in [0.25, 0.3) is 0 Å². The standard InChI is InChI=1S/C12H17NO2/c1-12(8-15-12)11(14)10(13)7-9-5-3-2-4-6-9/h2-5,9-10H,6-8,13H2,1H3. The highest BCUT2D eigenvalue weighted by Gasteiger charge is 2.48. The average Bonchev–Trinajstić information content (AvgIpc) is 2.98. The number of carbonyl (C=O) groups is 1. The van der Waals surface area contributed by atoms with E-state index in [0.29, 0.717) is 12.5 Å². The summed E-state index contributed by atoms with van der Waals surface area (Å²) in [4.78, 5) is 11.8. The van der Waals surface area contributed by atoms with E-state index >= 15 is 0 Å². The molecule has 0 aromatic rings. The average molecular weight is 207 g/mol. The SMILES string of the molecule is CC1(C(=O)C(N)CC2C=CC=CC2)CO1. The van der Waals surface area contributed by atoms with Crippen LogP contribution in [-0.4, -0.2) is 24.0 Å². The number of ether oxygens (including phenoxy) is 1. The van der Waals surface area contributed by atoms with Crippen LogP contribution in [0.25, 0.3) is 0 Å². The Balaban J connectivity index is 1.86. The molecule has 0 aromatic carbocycles. The lowest BCUT2D eigenvalue weighted by Gasteiger charge is -2.18. The van der Waals surface area contributed by atoms with Gasteiger partial charge in [-0.1, -0.05) is 24.3 Å². The molecule has 3 atom stereocenters. The Kier molecular flexibility index (Phi) is 2.76. The number of allylic oxidation sites excluding steroid dienone is 4. The number of hydrogen-bond donors (Lipinski definition) is 1. The lowest BCUT2D eigenvalue weighted by molar-refractivity contribution is -0.125. The summed E-state index contributed by atoms with van der Waals surface area (Å²) in [5.74, 6) is 0.446. The Morgan fingerprint density at radius 1 is 1.67 bits per heavy atom. The highest BCUT2D eigenvalue weighted by Crippen LogP contribution is 2.29. The molecule has 1 fully saturated rings. The molecule has 0 amide bonds. The van der Waals surface area contributed by atoms with Gasteiger partial charge in [-0.2, -0.15) is 0 Å². The maximum Gasteiger partial charge on any atom is 0.183 e. The molecule has 0 saturated carbocycles. The van der Waals surface area contributed by atoms with Crippen LogP contribution < -0.4 is 5.73 Å². The van der Waals surface area contributed by atoms with E-state index in [1.807, 2.05) is 19.1 Å². The molecule has 1 aliphatic carbocycles. The molecule has 1 aliphatic heterocycles. The van der Waals surface area contributed by atoms with E-state index in [2.05, 4.69) is 12.2 Å². The molecule has 0 aromatic heterocycles. The minimum absolute atomic E-state index is 0.0467. The first-order valence-electron chi connectivity index (χ1n) is 5.39. The van der Waals surface area contributed by atoms with Crippen molar-refractivity contribution in [3.63, 3.8) is 0 Å². The van der Waals surface area contributed by atoms with Crippen molar-refractivity contribution in [2.75, 3.05) is 6.61 Å². The number of Topliss-reactive ketones (excluding diaryl/α,β-unsaturated/α-hetero) is 1. The monoisotopic (exact) mass is 207 g/mol. The Bertz CT molecular complexity index is 316. The van der Waals surface area contributed by atoms with Gasteiger partial charge in [-0.05, 0) is 25.7 Å². The maximum atomic E-state index is 11.8. The zero-order valence-electron chi connectivity index (χ0n) is 8.98. The summed E-state index contributed by atoms with van der Waals surface area (Å²) in [6.45, 7) is 2.34. The van der Waals surface area contributed by atoms with Crippen LogP contribution in [-0.2, 0) is 9.53 Å². The van der Waals surface area contributed by atoms with E-state index in [0.717, 1.165) is 12.8 Å². The summed E-state index contributed by atoms with van der Waals surface area (Å²) in [7, 11) is 0. The smallest absolute Gasteiger partial charge is 0.183 e. The van der Waals surface area contributed by atoms with E-state index in [4.69, 9.17) is 10.5 Å². The molecule has 0 bridgehead atoms. The van der Waals surface area contributed by atoms with Gasteiger partial charge in [0.2, 0.25) is 0 Å². The Morgan fingerprint density at radius 2 is 2.40 bits per heavy atom. The van der Waals surface area contributed by atoms with Crippen LogP contribution in [0.3, 0.4) is 0 Å². The zero-order chi connectivity index (χ0) is 10.9. The van der Waals surface area contributed by atoms with Crippen molar-refractivity contribution < 1.29 is 9.53 Å². The van der Waals surface area contributed by atoms with E-state index in [9.17, 15) is 4.79 Å². The summed E-state index contributed by atoms with van der Waals surface area (Å²) in [6, 6.07) is -0.390. The molecule has 0 radical (unpaired) electrons. The van der Waals surface area contributed by atoms with Crippen molar-refractivity contribution in [1.82, 2.24) is 0 Å². The second kappa shape index (κ2) is 3.91. The van der Waals surface area contributed by atoms with Crippen LogP contribution in [0, 0.1) is 5.92 Å².